The SMILES string of the molecule is COC1C2CCCC1CC(C)C2. The second-order valence-electron chi connectivity index (χ2n) is 4.73. The van der Waals surface area contributed by atoms with Gasteiger partial charge in [0.05, 0.1) is 6.10 Å². The Morgan fingerprint density at radius 1 is 1.08 bits per heavy atom. The molecule has 0 N–H and O–H groups in total. The lowest BCUT2D eigenvalue weighted by Crippen LogP contribution is -2.40. The van der Waals surface area contributed by atoms with E-state index in [4.69, 9.17) is 4.74 Å². The van der Waals surface area contributed by atoms with Crippen LogP contribution in [-0.2, 0) is 4.74 Å². The molecule has 1 nitrogen and oxygen atoms in total. The fraction of sp³-hybridized carbons (Fsp3) is 1.00. The van der Waals surface area contributed by atoms with Gasteiger partial charge in [0, 0.05) is 7.11 Å². The molecule has 2 saturated carbocycles. The predicted octanol–water partition coefficient (Wildman–Crippen LogP) is 2.85. The average Bonchev–Trinajstić information content (AvgIpc) is 2.02. The van der Waals surface area contributed by atoms with E-state index in [9.17, 15) is 0 Å². The largest absolute Gasteiger partial charge is 0.381 e. The number of hydrogen-bond acceptors (Lipinski definition) is 1. The van der Waals surface area contributed by atoms with Crippen LogP contribution in [0.5, 0.6) is 0 Å². The van der Waals surface area contributed by atoms with E-state index in [1.54, 1.807) is 0 Å². The molecule has 0 aliphatic heterocycles. The summed E-state index contributed by atoms with van der Waals surface area (Å²) in [6.07, 6.45) is 7.71. The number of hydrogen-bond donors (Lipinski definition) is 0. The first-order valence-electron chi connectivity index (χ1n) is 5.34. The summed E-state index contributed by atoms with van der Waals surface area (Å²) in [6, 6.07) is 0. The third-order valence-electron chi connectivity index (χ3n) is 3.76. The molecule has 0 radical (unpaired) electrons. The number of rotatable bonds is 1. The molecule has 0 aromatic carbocycles. The van der Waals surface area contributed by atoms with E-state index < -0.39 is 0 Å². The van der Waals surface area contributed by atoms with Crippen LogP contribution in [0.1, 0.15) is 39.0 Å². The Kier molecular flexibility index (Phi) is 2.40. The topological polar surface area (TPSA) is 9.23 Å². The summed E-state index contributed by atoms with van der Waals surface area (Å²) < 4.78 is 5.61. The van der Waals surface area contributed by atoms with Crippen LogP contribution in [0.15, 0.2) is 0 Å². The summed E-state index contributed by atoms with van der Waals surface area (Å²) in [7, 11) is 1.89. The maximum Gasteiger partial charge on any atom is 0.0627 e. The van der Waals surface area contributed by atoms with E-state index >= 15 is 0 Å². The molecule has 12 heavy (non-hydrogen) atoms. The van der Waals surface area contributed by atoms with Crippen LogP contribution in [0.2, 0.25) is 0 Å². The first-order valence-corrected chi connectivity index (χ1v) is 5.34. The first kappa shape index (κ1) is 8.55. The second kappa shape index (κ2) is 3.37. The highest BCUT2D eigenvalue weighted by atomic mass is 16.5. The van der Waals surface area contributed by atoms with Gasteiger partial charge in [0.2, 0.25) is 0 Å². The fourth-order valence-electron chi connectivity index (χ4n) is 3.37. The van der Waals surface area contributed by atoms with Crippen LogP contribution in [0.25, 0.3) is 0 Å². The summed E-state index contributed by atoms with van der Waals surface area (Å²) in [5.41, 5.74) is 0. The molecule has 0 heterocycles. The van der Waals surface area contributed by atoms with Crippen molar-refractivity contribution in [1.82, 2.24) is 0 Å². The lowest BCUT2D eigenvalue weighted by Gasteiger charge is -2.44. The lowest BCUT2D eigenvalue weighted by molar-refractivity contribution is -0.0589. The molecule has 70 valence electrons. The van der Waals surface area contributed by atoms with E-state index in [0.29, 0.717) is 6.10 Å². The Hall–Kier alpha value is -0.0400. The lowest BCUT2D eigenvalue weighted by atomic mass is 9.66. The highest BCUT2D eigenvalue weighted by molar-refractivity contribution is 4.89. The van der Waals surface area contributed by atoms with Gasteiger partial charge in [0.1, 0.15) is 0 Å². The molecule has 2 aliphatic rings. The van der Waals surface area contributed by atoms with Gasteiger partial charge in [-0.3, -0.25) is 0 Å². The van der Waals surface area contributed by atoms with Crippen LogP contribution < -0.4 is 0 Å². The third-order valence-corrected chi connectivity index (χ3v) is 3.76. The molecule has 2 rings (SSSR count). The summed E-state index contributed by atoms with van der Waals surface area (Å²) in [5, 5.41) is 0. The minimum atomic E-state index is 0.606. The molecule has 2 aliphatic carbocycles. The molecule has 0 spiro atoms. The summed E-state index contributed by atoms with van der Waals surface area (Å²) in [6.45, 7) is 2.40. The molecule has 2 fully saturated rings. The van der Waals surface area contributed by atoms with Crippen molar-refractivity contribution >= 4 is 0 Å². The van der Waals surface area contributed by atoms with E-state index in [1.165, 1.54) is 32.1 Å². The van der Waals surface area contributed by atoms with Gasteiger partial charge in [-0.05, 0) is 43.4 Å². The van der Waals surface area contributed by atoms with Gasteiger partial charge >= 0.3 is 0 Å². The number of methoxy groups -OCH3 is 1. The molecular weight excluding hydrogens is 148 g/mol. The van der Waals surface area contributed by atoms with Gasteiger partial charge in [-0.25, -0.2) is 0 Å². The summed E-state index contributed by atoms with van der Waals surface area (Å²) in [5.74, 6) is 2.72. The molecule has 2 bridgehead atoms. The third kappa shape index (κ3) is 1.39. The molecule has 0 amide bonds. The molecule has 0 saturated heterocycles. The predicted molar refractivity (Wildman–Crippen MR) is 50.0 cm³/mol. The Labute approximate surface area is 75.5 Å². The minimum absolute atomic E-state index is 0.606. The van der Waals surface area contributed by atoms with Crippen LogP contribution in [0, 0.1) is 17.8 Å². The highest BCUT2D eigenvalue weighted by Gasteiger charge is 2.38. The van der Waals surface area contributed by atoms with Gasteiger partial charge < -0.3 is 4.74 Å². The zero-order valence-corrected chi connectivity index (χ0v) is 8.25. The quantitative estimate of drug-likeness (QED) is 0.585. The Balaban J connectivity index is 2.06. The second-order valence-corrected chi connectivity index (χ2v) is 4.73. The maximum absolute atomic E-state index is 5.61. The monoisotopic (exact) mass is 168 g/mol. The molecule has 1 heteroatoms. The van der Waals surface area contributed by atoms with Crippen molar-refractivity contribution in [3.63, 3.8) is 0 Å². The zero-order chi connectivity index (χ0) is 8.55. The molecule has 2 atom stereocenters. The number of ether oxygens (including phenoxy) is 1. The molecule has 0 aromatic rings. The average molecular weight is 168 g/mol. The van der Waals surface area contributed by atoms with Crippen LogP contribution in [0.4, 0.5) is 0 Å². The van der Waals surface area contributed by atoms with E-state index in [0.717, 1.165) is 17.8 Å². The van der Waals surface area contributed by atoms with Crippen molar-refractivity contribution < 1.29 is 4.74 Å². The standard InChI is InChI=1S/C11H20O/c1-8-6-9-4-3-5-10(7-8)11(9)12-2/h8-11H,3-7H2,1-2H3. The van der Waals surface area contributed by atoms with Crippen molar-refractivity contribution in [1.29, 1.82) is 0 Å². The summed E-state index contributed by atoms with van der Waals surface area (Å²) >= 11 is 0. The first-order chi connectivity index (χ1) is 5.81. The van der Waals surface area contributed by atoms with Crippen molar-refractivity contribution in [2.75, 3.05) is 7.11 Å². The Morgan fingerprint density at radius 3 is 2.17 bits per heavy atom. The maximum atomic E-state index is 5.61. The van der Waals surface area contributed by atoms with Gasteiger partial charge in [0.15, 0.2) is 0 Å². The molecule has 0 aromatic heterocycles. The fourth-order valence-corrected chi connectivity index (χ4v) is 3.37. The van der Waals surface area contributed by atoms with E-state index in [-0.39, 0.29) is 0 Å². The van der Waals surface area contributed by atoms with Crippen molar-refractivity contribution in [2.45, 2.75) is 45.1 Å². The van der Waals surface area contributed by atoms with Crippen LogP contribution in [-0.4, -0.2) is 13.2 Å². The molecular formula is C11H20O. The van der Waals surface area contributed by atoms with Crippen molar-refractivity contribution in [3.05, 3.63) is 0 Å². The van der Waals surface area contributed by atoms with Crippen molar-refractivity contribution in [3.8, 4) is 0 Å². The highest BCUT2D eigenvalue weighted by Crippen LogP contribution is 2.43. The Bertz CT molecular complexity index is 141. The normalized spacial score (nSPS) is 47.5. The zero-order valence-electron chi connectivity index (χ0n) is 8.25. The van der Waals surface area contributed by atoms with Crippen LogP contribution in [0.3, 0.4) is 0 Å². The Morgan fingerprint density at radius 2 is 1.67 bits per heavy atom. The summed E-state index contributed by atoms with van der Waals surface area (Å²) in [4.78, 5) is 0. The van der Waals surface area contributed by atoms with Crippen LogP contribution >= 0.6 is 0 Å². The van der Waals surface area contributed by atoms with E-state index in [1.807, 2.05) is 7.11 Å². The van der Waals surface area contributed by atoms with Gasteiger partial charge in [0.25, 0.3) is 0 Å². The smallest absolute Gasteiger partial charge is 0.0627 e. The van der Waals surface area contributed by atoms with E-state index in [2.05, 4.69) is 6.92 Å². The molecule has 2 unspecified atom stereocenters. The van der Waals surface area contributed by atoms with Gasteiger partial charge in [-0.1, -0.05) is 13.3 Å². The van der Waals surface area contributed by atoms with Gasteiger partial charge in [-0.15, -0.1) is 0 Å². The minimum Gasteiger partial charge on any atom is -0.381 e. The number of fused-ring (bicyclic) bond motifs is 2. The van der Waals surface area contributed by atoms with Crippen molar-refractivity contribution in [2.24, 2.45) is 17.8 Å². The van der Waals surface area contributed by atoms with Gasteiger partial charge in [-0.2, -0.15) is 0 Å².